The Morgan fingerprint density at radius 3 is 2.38 bits per heavy atom. The van der Waals surface area contributed by atoms with Gasteiger partial charge in [0.05, 0.1) is 12.6 Å². The molecule has 2 nitrogen and oxygen atoms in total. The van der Waals surface area contributed by atoms with Crippen molar-refractivity contribution >= 4 is 21.8 Å². The largest absolute Gasteiger partial charge is 0.497 e. The number of hydrogen-bond acceptors (Lipinski definition) is 1. The van der Waals surface area contributed by atoms with Crippen molar-refractivity contribution < 1.29 is 4.74 Å². The molecule has 0 saturated carbocycles. The van der Waals surface area contributed by atoms with E-state index in [1.807, 2.05) is 6.07 Å². The van der Waals surface area contributed by atoms with Gasteiger partial charge >= 0.3 is 0 Å². The first-order chi connectivity index (χ1) is 11.7. The van der Waals surface area contributed by atoms with Gasteiger partial charge in [-0.2, -0.15) is 0 Å². The molecular formula is C22H21NO. The quantitative estimate of drug-likeness (QED) is 0.489. The lowest BCUT2D eigenvalue weighted by atomic mass is 10.0. The SMILES string of the molecule is COc1ccc2c(c1)c1c(C)ccc(C)c1n2Cc1ccccc1. The van der Waals surface area contributed by atoms with Crippen LogP contribution in [-0.2, 0) is 6.54 Å². The molecule has 3 aromatic carbocycles. The summed E-state index contributed by atoms with van der Waals surface area (Å²) in [7, 11) is 1.72. The highest BCUT2D eigenvalue weighted by Gasteiger charge is 2.15. The highest BCUT2D eigenvalue weighted by Crippen LogP contribution is 2.35. The van der Waals surface area contributed by atoms with E-state index < -0.39 is 0 Å². The Morgan fingerprint density at radius 1 is 0.875 bits per heavy atom. The minimum absolute atomic E-state index is 0.872. The molecule has 4 rings (SSSR count). The van der Waals surface area contributed by atoms with Gasteiger partial charge in [-0.25, -0.2) is 0 Å². The summed E-state index contributed by atoms with van der Waals surface area (Å²) in [6.45, 7) is 5.25. The van der Waals surface area contributed by atoms with Crippen molar-refractivity contribution in [2.75, 3.05) is 7.11 Å². The zero-order valence-electron chi connectivity index (χ0n) is 14.3. The van der Waals surface area contributed by atoms with Crippen LogP contribution >= 0.6 is 0 Å². The predicted molar refractivity (Wildman–Crippen MR) is 101 cm³/mol. The van der Waals surface area contributed by atoms with E-state index in [1.54, 1.807) is 7.11 Å². The Morgan fingerprint density at radius 2 is 1.62 bits per heavy atom. The fraction of sp³-hybridized carbons (Fsp3) is 0.182. The second-order valence-corrected chi connectivity index (χ2v) is 6.38. The first-order valence-electron chi connectivity index (χ1n) is 8.29. The van der Waals surface area contributed by atoms with E-state index in [0.717, 1.165) is 12.3 Å². The van der Waals surface area contributed by atoms with E-state index >= 15 is 0 Å². The molecule has 1 heterocycles. The molecule has 0 unspecified atom stereocenters. The van der Waals surface area contributed by atoms with Gasteiger partial charge in [-0.1, -0.05) is 42.5 Å². The van der Waals surface area contributed by atoms with Gasteiger partial charge in [0.25, 0.3) is 0 Å². The van der Waals surface area contributed by atoms with Gasteiger partial charge in [0.15, 0.2) is 0 Å². The van der Waals surface area contributed by atoms with Crippen LogP contribution in [0.25, 0.3) is 21.8 Å². The summed E-state index contributed by atoms with van der Waals surface area (Å²) in [6.07, 6.45) is 0. The molecule has 1 aromatic heterocycles. The standard InChI is InChI=1S/C22H21NO/c1-15-9-10-16(2)22-21(15)19-13-18(24-3)11-12-20(19)23(22)14-17-7-5-4-6-8-17/h4-13H,14H2,1-3H3. The lowest BCUT2D eigenvalue weighted by Crippen LogP contribution is -2.00. The summed E-state index contributed by atoms with van der Waals surface area (Å²) in [5, 5.41) is 2.60. The van der Waals surface area contributed by atoms with Gasteiger partial charge < -0.3 is 9.30 Å². The van der Waals surface area contributed by atoms with Crippen LogP contribution in [0.3, 0.4) is 0 Å². The molecule has 0 spiro atoms. The maximum Gasteiger partial charge on any atom is 0.119 e. The summed E-state index contributed by atoms with van der Waals surface area (Å²) in [5.41, 5.74) is 6.50. The van der Waals surface area contributed by atoms with Crippen LogP contribution in [0.2, 0.25) is 0 Å². The first kappa shape index (κ1) is 14.8. The van der Waals surface area contributed by atoms with Crippen molar-refractivity contribution in [3.63, 3.8) is 0 Å². The monoisotopic (exact) mass is 315 g/mol. The summed E-state index contributed by atoms with van der Waals surface area (Å²) in [5.74, 6) is 0.905. The van der Waals surface area contributed by atoms with E-state index in [0.29, 0.717) is 0 Å². The van der Waals surface area contributed by atoms with Crippen LogP contribution in [0.5, 0.6) is 5.75 Å². The molecular weight excluding hydrogens is 294 g/mol. The van der Waals surface area contributed by atoms with E-state index in [2.05, 4.69) is 73.0 Å². The van der Waals surface area contributed by atoms with Gasteiger partial charge in [0, 0.05) is 22.8 Å². The topological polar surface area (TPSA) is 14.2 Å². The maximum atomic E-state index is 5.46. The van der Waals surface area contributed by atoms with Crippen molar-refractivity contribution in [1.29, 1.82) is 0 Å². The zero-order valence-corrected chi connectivity index (χ0v) is 14.3. The highest BCUT2D eigenvalue weighted by molar-refractivity contribution is 6.11. The third-order valence-corrected chi connectivity index (χ3v) is 4.81. The average molecular weight is 315 g/mol. The maximum absolute atomic E-state index is 5.46. The third kappa shape index (κ3) is 2.26. The van der Waals surface area contributed by atoms with Crippen molar-refractivity contribution in [3.8, 4) is 5.75 Å². The highest BCUT2D eigenvalue weighted by atomic mass is 16.5. The van der Waals surface area contributed by atoms with E-state index in [9.17, 15) is 0 Å². The molecule has 24 heavy (non-hydrogen) atoms. The normalized spacial score (nSPS) is 11.3. The fourth-order valence-corrected chi connectivity index (χ4v) is 3.61. The number of ether oxygens (including phenoxy) is 1. The van der Waals surface area contributed by atoms with Gasteiger partial charge in [-0.05, 0) is 48.7 Å². The molecule has 0 amide bonds. The van der Waals surface area contributed by atoms with E-state index in [4.69, 9.17) is 4.74 Å². The minimum atomic E-state index is 0.872. The summed E-state index contributed by atoms with van der Waals surface area (Å²) >= 11 is 0. The molecule has 0 aliphatic carbocycles. The van der Waals surface area contributed by atoms with Crippen molar-refractivity contribution in [2.45, 2.75) is 20.4 Å². The molecule has 0 aliphatic heterocycles. The van der Waals surface area contributed by atoms with Crippen LogP contribution in [-0.4, -0.2) is 11.7 Å². The molecule has 0 atom stereocenters. The third-order valence-electron chi connectivity index (χ3n) is 4.81. The number of hydrogen-bond donors (Lipinski definition) is 0. The smallest absolute Gasteiger partial charge is 0.119 e. The van der Waals surface area contributed by atoms with Crippen LogP contribution in [0, 0.1) is 13.8 Å². The van der Waals surface area contributed by atoms with Crippen LogP contribution < -0.4 is 4.74 Å². The summed E-state index contributed by atoms with van der Waals surface area (Å²) in [4.78, 5) is 0. The first-order valence-corrected chi connectivity index (χ1v) is 8.29. The van der Waals surface area contributed by atoms with Gasteiger partial charge in [-0.3, -0.25) is 0 Å². The summed E-state index contributed by atoms with van der Waals surface area (Å²) < 4.78 is 7.89. The number of benzene rings is 3. The lowest BCUT2D eigenvalue weighted by molar-refractivity contribution is 0.415. The molecule has 0 radical (unpaired) electrons. The van der Waals surface area contributed by atoms with Crippen molar-refractivity contribution in [2.24, 2.45) is 0 Å². The predicted octanol–water partition coefficient (Wildman–Crippen LogP) is 5.47. The number of fused-ring (bicyclic) bond motifs is 3. The van der Waals surface area contributed by atoms with E-state index in [-0.39, 0.29) is 0 Å². The molecule has 0 fully saturated rings. The number of rotatable bonds is 3. The van der Waals surface area contributed by atoms with Crippen molar-refractivity contribution in [1.82, 2.24) is 4.57 Å². The second kappa shape index (κ2) is 5.72. The minimum Gasteiger partial charge on any atom is -0.497 e. The molecule has 2 heteroatoms. The number of methoxy groups -OCH3 is 1. The molecule has 4 aromatic rings. The number of aromatic nitrogens is 1. The lowest BCUT2D eigenvalue weighted by Gasteiger charge is -2.10. The Hall–Kier alpha value is -2.74. The Labute approximate surface area is 142 Å². The van der Waals surface area contributed by atoms with Crippen LogP contribution in [0.15, 0.2) is 60.7 Å². The summed E-state index contributed by atoms with van der Waals surface area (Å²) in [6, 6.07) is 21.5. The average Bonchev–Trinajstić information content (AvgIpc) is 2.94. The van der Waals surface area contributed by atoms with Gasteiger partial charge in [0.1, 0.15) is 5.75 Å². The second-order valence-electron chi connectivity index (χ2n) is 6.38. The fourth-order valence-electron chi connectivity index (χ4n) is 3.61. The Kier molecular flexibility index (Phi) is 3.53. The molecule has 120 valence electrons. The molecule has 0 N–H and O–H groups in total. The van der Waals surface area contributed by atoms with Gasteiger partial charge in [-0.15, -0.1) is 0 Å². The number of aryl methyl sites for hydroxylation is 2. The zero-order chi connectivity index (χ0) is 16.7. The number of nitrogens with zero attached hydrogens (tertiary/aromatic N) is 1. The van der Waals surface area contributed by atoms with Crippen LogP contribution in [0.4, 0.5) is 0 Å². The van der Waals surface area contributed by atoms with Gasteiger partial charge in [0.2, 0.25) is 0 Å². The molecule has 0 aliphatic rings. The van der Waals surface area contributed by atoms with Crippen molar-refractivity contribution in [3.05, 3.63) is 77.4 Å². The molecule has 0 saturated heterocycles. The molecule has 0 bridgehead atoms. The Bertz CT molecular complexity index is 1030. The van der Waals surface area contributed by atoms with E-state index in [1.165, 1.54) is 38.5 Å². The van der Waals surface area contributed by atoms with Crippen LogP contribution in [0.1, 0.15) is 16.7 Å². The Balaban J connectivity index is 2.08.